The molecule has 0 amide bonds. The molecule has 0 spiro atoms. The Labute approximate surface area is 111 Å². The van der Waals surface area contributed by atoms with E-state index in [9.17, 15) is 4.39 Å². The van der Waals surface area contributed by atoms with E-state index in [0.29, 0.717) is 10.6 Å². The quantitative estimate of drug-likeness (QED) is 0.866. The fraction of sp³-hybridized carbons (Fsp3) is 0.200. The minimum atomic E-state index is -0.498. The van der Waals surface area contributed by atoms with Gasteiger partial charge in [-0.2, -0.15) is 0 Å². The lowest BCUT2D eigenvalue weighted by Gasteiger charge is -2.15. The second-order valence-electron chi connectivity index (χ2n) is 4.56. The van der Waals surface area contributed by atoms with E-state index in [-0.39, 0.29) is 5.82 Å². The van der Waals surface area contributed by atoms with E-state index in [0.717, 1.165) is 16.7 Å². The number of halogens is 2. The maximum atomic E-state index is 13.8. The van der Waals surface area contributed by atoms with E-state index in [2.05, 4.69) is 0 Å². The highest BCUT2D eigenvalue weighted by Gasteiger charge is 2.14. The van der Waals surface area contributed by atoms with Gasteiger partial charge < -0.3 is 5.73 Å². The van der Waals surface area contributed by atoms with Crippen LogP contribution in [0.2, 0.25) is 5.02 Å². The molecule has 1 atom stereocenters. The summed E-state index contributed by atoms with van der Waals surface area (Å²) in [6, 6.07) is 10.0. The molecule has 2 aromatic carbocycles. The van der Waals surface area contributed by atoms with Gasteiger partial charge >= 0.3 is 0 Å². The Hall–Kier alpha value is -1.38. The lowest BCUT2D eigenvalue weighted by molar-refractivity contribution is 0.599. The predicted octanol–water partition coefficient (Wildman–Crippen LogP) is 4.14. The molecule has 94 valence electrons. The van der Waals surface area contributed by atoms with Gasteiger partial charge in [0, 0.05) is 10.6 Å². The van der Waals surface area contributed by atoms with E-state index in [1.54, 1.807) is 18.2 Å². The molecule has 2 N–H and O–H groups in total. The molecule has 0 radical (unpaired) electrons. The highest BCUT2D eigenvalue weighted by atomic mass is 35.5. The fourth-order valence-corrected chi connectivity index (χ4v) is 2.32. The average molecular weight is 264 g/mol. The normalized spacial score (nSPS) is 12.5. The van der Waals surface area contributed by atoms with Crippen molar-refractivity contribution in [1.29, 1.82) is 0 Å². The molecule has 1 nitrogen and oxygen atoms in total. The number of aryl methyl sites for hydroxylation is 2. The van der Waals surface area contributed by atoms with Crippen LogP contribution < -0.4 is 5.73 Å². The van der Waals surface area contributed by atoms with Crippen LogP contribution in [0, 0.1) is 19.7 Å². The van der Waals surface area contributed by atoms with Crippen LogP contribution in [0.15, 0.2) is 36.4 Å². The van der Waals surface area contributed by atoms with Crippen LogP contribution in [0.25, 0.3) is 0 Å². The van der Waals surface area contributed by atoms with E-state index < -0.39 is 6.04 Å². The van der Waals surface area contributed by atoms with E-state index >= 15 is 0 Å². The summed E-state index contributed by atoms with van der Waals surface area (Å²) in [5, 5.41) is 0.619. The maximum Gasteiger partial charge on any atom is 0.128 e. The highest BCUT2D eigenvalue weighted by Crippen LogP contribution is 2.26. The molecule has 0 bridgehead atoms. The minimum absolute atomic E-state index is 0.286. The molecule has 1 unspecified atom stereocenters. The summed E-state index contributed by atoms with van der Waals surface area (Å²) >= 11 is 6.00. The molecule has 0 aliphatic heterocycles. The van der Waals surface area contributed by atoms with Crippen LogP contribution in [0.5, 0.6) is 0 Å². The van der Waals surface area contributed by atoms with Crippen LogP contribution in [-0.2, 0) is 0 Å². The van der Waals surface area contributed by atoms with Crippen LogP contribution in [0.3, 0.4) is 0 Å². The van der Waals surface area contributed by atoms with Crippen molar-refractivity contribution in [2.45, 2.75) is 19.9 Å². The van der Waals surface area contributed by atoms with Gasteiger partial charge in [0.1, 0.15) is 5.82 Å². The van der Waals surface area contributed by atoms with Crippen molar-refractivity contribution in [2.24, 2.45) is 5.73 Å². The third kappa shape index (κ3) is 2.71. The summed E-state index contributed by atoms with van der Waals surface area (Å²) in [6.45, 7) is 3.85. The topological polar surface area (TPSA) is 26.0 Å². The predicted molar refractivity (Wildman–Crippen MR) is 73.4 cm³/mol. The summed E-state index contributed by atoms with van der Waals surface area (Å²) in [5.41, 5.74) is 9.45. The van der Waals surface area contributed by atoms with Gasteiger partial charge in [-0.15, -0.1) is 0 Å². The first-order valence-corrected chi connectivity index (χ1v) is 6.14. The zero-order chi connectivity index (χ0) is 13.3. The standard InChI is InChI=1S/C15H15ClFN/c1-9-3-4-14(17)13(7-9)15(18)11-5-10(2)6-12(16)8-11/h3-8,15H,18H2,1-2H3. The molecule has 0 saturated carbocycles. The molecule has 3 heteroatoms. The fourth-order valence-electron chi connectivity index (χ4n) is 2.03. The molecular weight excluding hydrogens is 249 g/mol. The smallest absolute Gasteiger partial charge is 0.128 e. The number of hydrogen-bond donors (Lipinski definition) is 1. The molecule has 0 fully saturated rings. The van der Waals surface area contributed by atoms with E-state index in [1.807, 2.05) is 26.0 Å². The number of benzene rings is 2. The molecule has 0 aromatic heterocycles. The summed E-state index contributed by atoms with van der Waals surface area (Å²) in [5.74, 6) is -0.286. The molecule has 2 rings (SSSR count). The maximum absolute atomic E-state index is 13.8. The second-order valence-corrected chi connectivity index (χ2v) is 5.00. The molecule has 0 aliphatic carbocycles. The number of nitrogens with two attached hydrogens (primary N) is 1. The highest BCUT2D eigenvalue weighted by molar-refractivity contribution is 6.30. The molecule has 0 saturated heterocycles. The molecule has 0 heterocycles. The van der Waals surface area contributed by atoms with Gasteiger partial charge in [-0.3, -0.25) is 0 Å². The van der Waals surface area contributed by atoms with Gasteiger partial charge in [0.2, 0.25) is 0 Å². The van der Waals surface area contributed by atoms with Crippen molar-refractivity contribution in [3.63, 3.8) is 0 Å². The van der Waals surface area contributed by atoms with Crippen LogP contribution >= 0.6 is 11.6 Å². The monoisotopic (exact) mass is 263 g/mol. The minimum Gasteiger partial charge on any atom is -0.320 e. The van der Waals surface area contributed by atoms with Crippen molar-refractivity contribution in [2.75, 3.05) is 0 Å². The average Bonchev–Trinajstić information content (AvgIpc) is 2.30. The SMILES string of the molecule is Cc1cc(Cl)cc(C(N)c2cc(C)ccc2F)c1. The van der Waals surface area contributed by atoms with Crippen LogP contribution in [-0.4, -0.2) is 0 Å². The largest absolute Gasteiger partial charge is 0.320 e. The summed E-state index contributed by atoms with van der Waals surface area (Å²) in [6.07, 6.45) is 0. The molecule has 18 heavy (non-hydrogen) atoms. The Morgan fingerprint density at radius 1 is 1.06 bits per heavy atom. The molecule has 2 aromatic rings. The third-order valence-electron chi connectivity index (χ3n) is 2.91. The Morgan fingerprint density at radius 3 is 2.44 bits per heavy atom. The summed E-state index contributed by atoms with van der Waals surface area (Å²) in [4.78, 5) is 0. The Bertz CT molecular complexity index is 560. The Morgan fingerprint density at radius 2 is 1.78 bits per heavy atom. The zero-order valence-corrected chi connectivity index (χ0v) is 11.1. The molecular formula is C15H15ClFN. The van der Waals surface area contributed by atoms with Gasteiger partial charge in [-0.1, -0.05) is 35.4 Å². The van der Waals surface area contributed by atoms with E-state index in [4.69, 9.17) is 17.3 Å². The summed E-state index contributed by atoms with van der Waals surface area (Å²) < 4.78 is 13.8. The Balaban J connectivity index is 2.47. The zero-order valence-electron chi connectivity index (χ0n) is 10.4. The second kappa shape index (κ2) is 5.09. The van der Waals surface area contributed by atoms with Gasteiger partial charge in [-0.05, 0) is 43.2 Å². The van der Waals surface area contributed by atoms with Gasteiger partial charge in [-0.25, -0.2) is 4.39 Å². The number of hydrogen-bond acceptors (Lipinski definition) is 1. The lowest BCUT2D eigenvalue weighted by atomic mass is 9.96. The van der Waals surface area contributed by atoms with Gasteiger partial charge in [0.25, 0.3) is 0 Å². The lowest BCUT2D eigenvalue weighted by Crippen LogP contribution is -2.14. The van der Waals surface area contributed by atoms with Crippen LogP contribution in [0.4, 0.5) is 4.39 Å². The Kier molecular flexibility index (Phi) is 3.69. The molecule has 0 aliphatic rings. The van der Waals surface area contributed by atoms with Crippen molar-refractivity contribution in [3.8, 4) is 0 Å². The first-order chi connectivity index (χ1) is 8.47. The van der Waals surface area contributed by atoms with Gasteiger partial charge in [0.05, 0.1) is 6.04 Å². The third-order valence-corrected chi connectivity index (χ3v) is 3.13. The van der Waals surface area contributed by atoms with Crippen LogP contribution in [0.1, 0.15) is 28.3 Å². The van der Waals surface area contributed by atoms with Crippen molar-refractivity contribution in [1.82, 2.24) is 0 Å². The van der Waals surface area contributed by atoms with Crippen molar-refractivity contribution >= 4 is 11.6 Å². The first kappa shape index (κ1) is 13.1. The number of rotatable bonds is 2. The summed E-state index contributed by atoms with van der Waals surface area (Å²) in [7, 11) is 0. The van der Waals surface area contributed by atoms with Gasteiger partial charge in [0.15, 0.2) is 0 Å². The first-order valence-electron chi connectivity index (χ1n) is 5.76. The van der Waals surface area contributed by atoms with Crippen molar-refractivity contribution < 1.29 is 4.39 Å². The van der Waals surface area contributed by atoms with Crippen molar-refractivity contribution in [3.05, 3.63) is 69.5 Å². The van der Waals surface area contributed by atoms with E-state index in [1.165, 1.54) is 6.07 Å².